The molecule has 2 aromatic rings. The summed E-state index contributed by atoms with van der Waals surface area (Å²) in [4.78, 5) is 25.7. The Morgan fingerprint density at radius 2 is 1.89 bits per heavy atom. The van der Waals surface area contributed by atoms with Crippen LogP contribution in [0.25, 0.3) is 0 Å². The highest BCUT2D eigenvalue weighted by Gasteiger charge is 2.22. The predicted octanol–water partition coefficient (Wildman–Crippen LogP) is 2.05. The van der Waals surface area contributed by atoms with Crippen molar-refractivity contribution in [2.45, 2.75) is 18.2 Å². The van der Waals surface area contributed by atoms with Crippen molar-refractivity contribution >= 4 is 38.7 Å². The van der Waals surface area contributed by atoms with E-state index in [4.69, 9.17) is 0 Å². The Morgan fingerprint density at radius 3 is 2.59 bits per heavy atom. The maximum absolute atomic E-state index is 12.2. The SMILES string of the molecule is CC(=O)N1CCc2cc(NC(=O)CNc3cccc(S(C)(=O)=O)c3)ccc21. The van der Waals surface area contributed by atoms with Crippen molar-refractivity contribution < 1.29 is 18.0 Å². The Bertz CT molecular complexity index is 1000. The fourth-order valence-electron chi connectivity index (χ4n) is 3.03. The second kappa shape index (κ2) is 7.40. The van der Waals surface area contributed by atoms with Gasteiger partial charge in [-0.05, 0) is 48.4 Å². The average molecular weight is 387 g/mol. The smallest absolute Gasteiger partial charge is 0.243 e. The monoisotopic (exact) mass is 387 g/mol. The minimum Gasteiger partial charge on any atom is -0.376 e. The molecule has 1 heterocycles. The number of benzene rings is 2. The topological polar surface area (TPSA) is 95.6 Å². The van der Waals surface area contributed by atoms with E-state index in [0.29, 0.717) is 17.9 Å². The van der Waals surface area contributed by atoms with Crippen LogP contribution in [0.2, 0.25) is 0 Å². The van der Waals surface area contributed by atoms with Gasteiger partial charge >= 0.3 is 0 Å². The highest BCUT2D eigenvalue weighted by Crippen LogP contribution is 2.30. The molecule has 0 spiro atoms. The van der Waals surface area contributed by atoms with Gasteiger partial charge in [0, 0.05) is 36.8 Å². The minimum absolute atomic E-state index is 0.00384. The van der Waals surface area contributed by atoms with Gasteiger partial charge in [-0.3, -0.25) is 9.59 Å². The van der Waals surface area contributed by atoms with Gasteiger partial charge in [-0.1, -0.05) is 6.07 Å². The van der Waals surface area contributed by atoms with Gasteiger partial charge in [0.25, 0.3) is 0 Å². The molecule has 0 saturated heterocycles. The molecule has 0 saturated carbocycles. The molecular formula is C19H21N3O4S. The van der Waals surface area contributed by atoms with Gasteiger partial charge in [-0.15, -0.1) is 0 Å². The van der Waals surface area contributed by atoms with E-state index in [1.165, 1.54) is 19.1 Å². The molecule has 142 valence electrons. The van der Waals surface area contributed by atoms with E-state index in [2.05, 4.69) is 10.6 Å². The van der Waals surface area contributed by atoms with Crippen LogP contribution in [0.1, 0.15) is 12.5 Å². The van der Waals surface area contributed by atoms with Crippen LogP contribution in [0.3, 0.4) is 0 Å². The third-order valence-corrected chi connectivity index (χ3v) is 5.46. The van der Waals surface area contributed by atoms with E-state index in [1.807, 2.05) is 12.1 Å². The molecule has 27 heavy (non-hydrogen) atoms. The van der Waals surface area contributed by atoms with Crippen LogP contribution in [-0.4, -0.2) is 39.6 Å². The third kappa shape index (κ3) is 4.46. The Kier molecular flexibility index (Phi) is 5.18. The molecule has 2 amide bonds. The van der Waals surface area contributed by atoms with Crippen molar-refractivity contribution in [2.24, 2.45) is 0 Å². The number of fused-ring (bicyclic) bond motifs is 1. The fourth-order valence-corrected chi connectivity index (χ4v) is 3.70. The van der Waals surface area contributed by atoms with Crippen molar-refractivity contribution in [2.75, 3.05) is 34.9 Å². The summed E-state index contributed by atoms with van der Waals surface area (Å²) in [5.41, 5.74) is 3.13. The number of sulfone groups is 1. The van der Waals surface area contributed by atoms with E-state index in [1.54, 1.807) is 23.1 Å². The maximum Gasteiger partial charge on any atom is 0.243 e. The molecule has 1 aliphatic heterocycles. The molecule has 0 aliphatic carbocycles. The van der Waals surface area contributed by atoms with E-state index >= 15 is 0 Å². The Balaban J connectivity index is 1.61. The van der Waals surface area contributed by atoms with Crippen LogP contribution >= 0.6 is 0 Å². The van der Waals surface area contributed by atoms with Crippen LogP contribution in [0, 0.1) is 0 Å². The second-order valence-electron chi connectivity index (χ2n) is 6.47. The lowest BCUT2D eigenvalue weighted by molar-refractivity contribution is -0.116. The quantitative estimate of drug-likeness (QED) is 0.819. The van der Waals surface area contributed by atoms with Crippen molar-refractivity contribution in [3.05, 3.63) is 48.0 Å². The van der Waals surface area contributed by atoms with Crippen LogP contribution in [-0.2, 0) is 25.8 Å². The summed E-state index contributed by atoms with van der Waals surface area (Å²) >= 11 is 0. The maximum atomic E-state index is 12.2. The van der Waals surface area contributed by atoms with Crippen LogP contribution in [0.4, 0.5) is 17.1 Å². The van der Waals surface area contributed by atoms with Gasteiger partial charge in [0.1, 0.15) is 0 Å². The third-order valence-electron chi connectivity index (χ3n) is 4.35. The molecule has 3 rings (SSSR count). The Morgan fingerprint density at radius 1 is 1.11 bits per heavy atom. The van der Waals surface area contributed by atoms with E-state index in [0.717, 1.165) is 23.9 Å². The molecular weight excluding hydrogens is 366 g/mol. The Labute approximate surface area is 158 Å². The molecule has 0 atom stereocenters. The fraction of sp³-hybridized carbons (Fsp3) is 0.263. The summed E-state index contributed by atoms with van der Waals surface area (Å²) in [6, 6.07) is 11.8. The first-order valence-electron chi connectivity index (χ1n) is 8.49. The van der Waals surface area contributed by atoms with Gasteiger partial charge < -0.3 is 15.5 Å². The summed E-state index contributed by atoms with van der Waals surface area (Å²) in [7, 11) is -3.30. The van der Waals surface area contributed by atoms with Gasteiger partial charge in [0.2, 0.25) is 11.8 Å². The van der Waals surface area contributed by atoms with E-state index < -0.39 is 9.84 Å². The minimum atomic E-state index is -3.30. The molecule has 0 radical (unpaired) electrons. The first-order chi connectivity index (χ1) is 12.7. The summed E-state index contributed by atoms with van der Waals surface area (Å²) in [5, 5.41) is 5.73. The standard InChI is InChI=1S/C19H21N3O4S/c1-13(23)22-9-8-14-10-16(6-7-18(14)22)21-19(24)12-20-15-4-3-5-17(11-15)27(2,25)26/h3-7,10-11,20H,8-9,12H2,1-2H3,(H,21,24). The average Bonchev–Trinajstić information content (AvgIpc) is 3.03. The lowest BCUT2D eigenvalue weighted by Gasteiger charge is -2.15. The zero-order valence-corrected chi connectivity index (χ0v) is 16.0. The normalized spacial score (nSPS) is 13.2. The van der Waals surface area contributed by atoms with Crippen LogP contribution < -0.4 is 15.5 Å². The highest BCUT2D eigenvalue weighted by atomic mass is 32.2. The van der Waals surface area contributed by atoms with Crippen LogP contribution in [0.15, 0.2) is 47.4 Å². The lowest BCUT2D eigenvalue weighted by atomic mass is 10.1. The molecule has 8 heteroatoms. The first-order valence-corrected chi connectivity index (χ1v) is 10.4. The van der Waals surface area contributed by atoms with Crippen molar-refractivity contribution in [1.29, 1.82) is 0 Å². The molecule has 0 bridgehead atoms. The van der Waals surface area contributed by atoms with E-state index in [9.17, 15) is 18.0 Å². The van der Waals surface area contributed by atoms with Gasteiger partial charge in [-0.25, -0.2) is 8.42 Å². The molecule has 1 aliphatic rings. The number of hydrogen-bond donors (Lipinski definition) is 2. The first kappa shape index (κ1) is 18.9. The number of carbonyl (C=O) groups excluding carboxylic acids is 2. The predicted molar refractivity (Wildman–Crippen MR) is 105 cm³/mol. The highest BCUT2D eigenvalue weighted by molar-refractivity contribution is 7.90. The number of rotatable bonds is 5. The summed E-state index contributed by atoms with van der Waals surface area (Å²) in [6.07, 6.45) is 1.90. The van der Waals surface area contributed by atoms with Gasteiger partial charge in [0.05, 0.1) is 11.4 Å². The number of carbonyl (C=O) groups is 2. The molecule has 0 unspecified atom stereocenters. The van der Waals surface area contributed by atoms with Crippen molar-refractivity contribution in [3.8, 4) is 0 Å². The zero-order chi connectivity index (χ0) is 19.6. The lowest BCUT2D eigenvalue weighted by Crippen LogP contribution is -2.25. The number of amides is 2. The van der Waals surface area contributed by atoms with Crippen molar-refractivity contribution in [1.82, 2.24) is 0 Å². The summed E-state index contributed by atoms with van der Waals surface area (Å²) in [5.74, 6) is -0.243. The second-order valence-corrected chi connectivity index (χ2v) is 8.48. The number of nitrogens with zero attached hydrogens (tertiary/aromatic N) is 1. The molecule has 0 fully saturated rings. The van der Waals surface area contributed by atoms with Crippen LogP contribution in [0.5, 0.6) is 0 Å². The van der Waals surface area contributed by atoms with Gasteiger partial charge in [0.15, 0.2) is 9.84 Å². The number of anilines is 3. The van der Waals surface area contributed by atoms with Crippen molar-refractivity contribution in [3.63, 3.8) is 0 Å². The molecule has 2 N–H and O–H groups in total. The number of nitrogens with one attached hydrogen (secondary N) is 2. The summed E-state index contributed by atoms with van der Waals surface area (Å²) < 4.78 is 23.2. The molecule has 2 aromatic carbocycles. The summed E-state index contributed by atoms with van der Waals surface area (Å²) in [6.45, 7) is 2.19. The Hall–Kier alpha value is -2.87. The van der Waals surface area contributed by atoms with E-state index in [-0.39, 0.29) is 23.3 Å². The van der Waals surface area contributed by atoms with Gasteiger partial charge in [-0.2, -0.15) is 0 Å². The zero-order valence-electron chi connectivity index (χ0n) is 15.2. The molecule has 0 aromatic heterocycles. The number of hydrogen-bond acceptors (Lipinski definition) is 5. The largest absolute Gasteiger partial charge is 0.376 e. The molecule has 7 nitrogen and oxygen atoms in total.